The van der Waals surface area contributed by atoms with E-state index in [0.29, 0.717) is 5.88 Å². The Kier molecular flexibility index (Phi) is 2.84. The van der Waals surface area contributed by atoms with Gasteiger partial charge in [0.1, 0.15) is 6.61 Å². The van der Waals surface area contributed by atoms with Crippen molar-refractivity contribution in [3.63, 3.8) is 0 Å². The second-order valence-electron chi connectivity index (χ2n) is 1.92. The Morgan fingerprint density at radius 1 is 1.67 bits per heavy atom. The molecule has 0 amide bonds. The Morgan fingerprint density at radius 2 is 2.56 bits per heavy atom. The van der Waals surface area contributed by atoms with Crippen molar-refractivity contribution in [3.05, 3.63) is 0 Å². The predicted octanol–water partition coefficient (Wildman–Crippen LogP) is 1.43. The van der Waals surface area contributed by atoms with Crippen LogP contribution in [-0.2, 0) is 4.74 Å². The van der Waals surface area contributed by atoms with Crippen LogP contribution < -0.4 is 0 Å². The smallest absolute Gasteiger partial charge is 0.183 e. The molecule has 0 aromatic carbocycles. The van der Waals surface area contributed by atoms with Gasteiger partial charge in [-0.1, -0.05) is 0 Å². The van der Waals surface area contributed by atoms with Crippen molar-refractivity contribution in [1.82, 2.24) is 0 Å². The average Bonchev–Trinajstić information content (AvgIpc) is 2.34. The second-order valence-corrected chi connectivity index (χ2v) is 2.29. The first-order chi connectivity index (χ1) is 4.43. The van der Waals surface area contributed by atoms with Crippen LogP contribution in [0.15, 0.2) is 4.99 Å². The lowest BCUT2D eigenvalue weighted by molar-refractivity contribution is 0.338. The van der Waals surface area contributed by atoms with E-state index in [4.69, 9.17) is 16.3 Å². The number of hydrogen-bond donors (Lipinski definition) is 0. The van der Waals surface area contributed by atoms with E-state index in [1.165, 1.54) is 0 Å². The topological polar surface area (TPSA) is 21.6 Å². The lowest BCUT2D eigenvalue weighted by atomic mass is 10.3. The van der Waals surface area contributed by atoms with Crippen LogP contribution in [0.1, 0.15) is 12.8 Å². The van der Waals surface area contributed by atoms with E-state index in [2.05, 4.69) is 4.99 Å². The largest absolute Gasteiger partial charge is 0.479 e. The Labute approximate surface area is 59.9 Å². The summed E-state index contributed by atoms with van der Waals surface area (Å²) in [5, 5.41) is 0. The molecule has 0 fully saturated rings. The highest BCUT2D eigenvalue weighted by Gasteiger charge is 2.04. The molecule has 1 aliphatic rings. The van der Waals surface area contributed by atoms with Gasteiger partial charge in [0.25, 0.3) is 0 Å². The van der Waals surface area contributed by atoms with Crippen LogP contribution >= 0.6 is 11.6 Å². The molecule has 0 aliphatic carbocycles. The lowest BCUT2D eigenvalue weighted by Crippen LogP contribution is -1.98. The van der Waals surface area contributed by atoms with Crippen molar-refractivity contribution in [1.29, 1.82) is 0 Å². The Morgan fingerprint density at radius 3 is 3.11 bits per heavy atom. The Hall–Kier alpha value is -0.240. The fourth-order valence-corrected chi connectivity index (χ4v) is 0.882. The van der Waals surface area contributed by atoms with Gasteiger partial charge in [-0.15, -0.1) is 11.6 Å². The van der Waals surface area contributed by atoms with E-state index in [1.54, 1.807) is 0 Å². The van der Waals surface area contributed by atoms with Gasteiger partial charge in [-0.05, 0) is 6.42 Å². The molecule has 0 N–H and O–H groups in total. The van der Waals surface area contributed by atoms with Crippen LogP contribution in [0.5, 0.6) is 0 Å². The first-order valence-corrected chi connectivity index (χ1v) is 3.69. The summed E-state index contributed by atoms with van der Waals surface area (Å²) in [5.74, 6) is 1.58. The minimum atomic E-state index is 0.697. The van der Waals surface area contributed by atoms with E-state index in [9.17, 15) is 0 Å². The molecule has 0 aromatic heterocycles. The molecular weight excluding hydrogens is 138 g/mol. The Balaban J connectivity index is 2.11. The van der Waals surface area contributed by atoms with Crippen molar-refractivity contribution < 1.29 is 4.74 Å². The number of nitrogens with zero attached hydrogens (tertiary/aromatic N) is 1. The molecule has 1 heterocycles. The van der Waals surface area contributed by atoms with Gasteiger partial charge in [-0.2, -0.15) is 0 Å². The molecule has 0 aromatic rings. The molecular formula is C6H10ClNO. The quantitative estimate of drug-likeness (QED) is 0.554. The standard InChI is InChI=1S/C6H10ClNO/c7-3-1-2-6-8-4-5-9-6/h1-5H2. The van der Waals surface area contributed by atoms with E-state index in [0.717, 1.165) is 31.9 Å². The van der Waals surface area contributed by atoms with Crippen LogP contribution in [0.4, 0.5) is 0 Å². The summed E-state index contributed by atoms with van der Waals surface area (Å²) >= 11 is 5.47. The van der Waals surface area contributed by atoms with E-state index in [1.807, 2.05) is 0 Å². The summed E-state index contributed by atoms with van der Waals surface area (Å²) in [5.41, 5.74) is 0. The molecule has 0 atom stereocenters. The second kappa shape index (κ2) is 3.72. The summed E-state index contributed by atoms with van der Waals surface area (Å²) < 4.78 is 5.15. The third kappa shape index (κ3) is 2.22. The third-order valence-corrected chi connectivity index (χ3v) is 1.44. The lowest BCUT2D eigenvalue weighted by Gasteiger charge is -1.96. The highest BCUT2D eigenvalue weighted by atomic mass is 35.5. The Bertz CT molecular complexity index is 114. The molecule has 0 bridgehead atoms. The van der Waals surface area contributed by atoms with Crippen LogP contribution in [-0.4, -0.2) is 24.9 Å². The van der Waals surface area contributed by atoms with Gasteiger partial charge in [0.2, 0.25) is 0 Å². The number of ether oxygens (including phenoxy) is 1. The van der Waals surface area contributed by atoms with Gasteiger partial charge in [-0.3, -0.25) is 4.99 Å². The summed E-state index contributed by atoms with van der Waals surface area (Å²) in [6.45, 7) is 1.59. The zero-order chi connectivity index (χ0) is 6.53. The van der Waals surface area contributed by atoms with Crippen LogP contribution in [0, 0.1) is 0 Å². The molecule has 0 unspecified atom stereocenters. The van der Waals surface area contributed by atoms with Gasteiger partial charge in [-0.25, -0.2) is 0 Å². The highest BCUT2D eigenvalue weighted by molar-refractivity contribution is 6.17. The molecule has 52 valence electrons. The van der Waals surface area contributed by atoms with Gasteiger partial charge in [0.15, 0.2) is 5.90 Å². The molecule has 1 rings (SSSR count). The molecule has 0 radical (unpaired) electrons. The van der Waals surface area contributed by atoms with E-state index in [-0.39, 0.29) is 0 Å². The van der Waals surface area contributed by atoms with Gasteiger partial charge >= 0.3 is 0 Å². The van der Waals surface area contributed by atoms with Gasteiger partial charge < -0.3 is 4.74 Å². The van der Waals surface area contributed by atoms with E-state index >= 15 is 0 Å². The first kappa shape index (κ1) is 6.87. The van der Waals surface area contributed by atoms with Gasteiger partial charge in [0, 0.05) is 12.3 Å². The molecule has 0 spiro atoms. The minimum absolute atomic E-state index is 0.697. The normalized spacial score (nSPS) is 17.2. The first-order valence-electron chi connectivity index (χ1n) is 3.15. The van der Waals surface area contributed by atoms with Gasteiger partial charge in [0.05, 0.1) is 6.54 Å². The molecule has 0 saturated heterocycles. The van der Waals surface area contributed by atoms with Crippen molar-refractivity contribution >= 4 is 17.5 Å². The van der Waals surface area contributed by atoms with Crippen molar-refractivity contribution in [2.75, 3.05) is 19.0 Å². The molecule has 2 nitrogen and oxygen atoms in total. The SMILES string of the molecule is ClCCCC1=NCCO1. The maximum absolute atomic E-state index is 5.47. The fraction of sp³-hybridized carbons (Fsp3) is 0.833. The number of rotatable bonds is 3. The zero-order valence-electron chi connectivity index (χ0n) is 5.27. The third-order valence-electron chi connectivity index (χ3n) is 1.17. The minimum Gasteiger partial charge on any atom is -0.479 e. The van der Waals surface area contributed by atoms with Crippen molar-refractivity contribution in [2.45, 2.75) is 12.8 Å². The molecule has 0 saturated carbocycles. The average molecular weight is 148 g/mol. The summed E-state index contributed by atoms with van der Waals surface area (Å²) in [6.07, 6.45) is 1.88. The number of halogens is 1. The predicted molar refractivity (Wildman–Crippen MR) is 38.2 cm³/mol. The molecule has 9 heavy (non-hydrogen) atoms. The molecule has 3 heteroatoms. The number of hydrogen-bond acceptors (Lipinski definition) is 2. The monoisotopic (exact) mass is 147 g/mol. The van der Waals surface area contributed by atoms with Crippen LogP contribution in [0.25, 0.3) is 0 Å². The number of alkyl halides is 1. The van der Waals surface area contributed by atoms with Crippen LogP contribution in [0.3, 0.4) is 0 Å². The number of aliphatic imine (C=N–C) groups is 1. The summed E-state index contributed by atoms with van der Waals surface area (Å²) in [4.78, 5) is 4.11. The summed E-state index contributed by atoms with van der Waals surface area (Å²) in [7, 11) is 0. The van der Waals surface area contributed by atoms with E-state index < -0.39 is 0 Å². The highest BCUT2D eigenvalue weighted by Crippen LogP contribution is 2.01. The molecule has 1 aliphatic heterocycles. The fourth-order valence-electron chi connectivity index (χ4n) is 0.749. The maximum atomic E-state index is 5.47. The van der Waals surface area contributed by atoms with Crippen molar-refractivity contribution in [3.8, 4) is 0 Å². The van der Waals surface area contributed by atoms with Crippen LogP contribution in [0.2, 0.25) is 0 Å². The summed E-state index contributed by atoms with van der Waals surface area (Å²) in [6, 6.07) is 0. The maximum Gasteiger partial charge on any atom is 0.183 e. The zero-order valence-corrected chi connectivity index (χ0v) is 6.02. The van der Waals surface area contributed by atoms with Crippen molar-refractivity contribution in [2.24, 2.45) is 4.99 Å².